The summed E-state index contributed by atoms with van der Waals surface area (Å²) in [6.45, 7) is 0. The number of benzene rings is 2. The van der Waals surface area contributed by atoms with Gasteiger partial charge in [-0.1, -0.05) is 39.7 Å². The molecule has 2 aromatic carbocycles. The van der Waals surface area contributed by atoms with Gasteiger partial charge in [0.15, 0.2) is 11.5 Å². The molecule has 0 aliphatic rings. The summed E-state index contributed by atoms with van der Waals surface area (Å²) in [4.78, 5) is 4.52. The summed E-state index contributed by atoms with van der Waals surface area (Å²) in [5.41, 5.74) is 5.59. The van der Waals surface area contributed by atoms with Gasteiger partial charge < -0.3 is 9.47 Å². The van der Waals surface area contributed by atoms with Crippen LogP contribution < -0.4 is 14.9 Å². The average molecular weight is 453 g/mol. The third-order valence-corrected chi connectivity index (χ3v) is 4.94. The van der Waals surface area contributed by atoms with Gasteiger partial charge in [0, 0.05) is 26.0 Å². The number of nitrogens with one attached hydrogen (secondary N) is 1. The Bertz CT molecular complexity index is 929. The second kappa shape index (κ2) is 8.53. The van der Waals surface area contributed by atoms with E-state index in [-0.39, 0.29) is 0 Å². The smallest absolute Gasteiger partial charge is 0.203 e. The molecule has 0 saturated carbocycles. The molecule has 0 amide bonds. The zero-order valence-corrected chi connectivity index (χ0v) is 17.2. The van der Waals surface area contributed by atoms with Crippen molar-refractivity contribution in [1.82, 2.24) is 4.98 Å². The first-order valence-electron chi connectivity index (χ1n) is 7.52. The van der Waals surface area contributed by atoms with Crippen LogP contribution in [0.1, 0.15) is 5.56 Å². The van der Waals surface area contributed by atoms with Crippen LogP contribution in [0.2, 0.25) is 5.02 Å². The van der Waals surface area contributed by atoms with Crippen LogP contribution in [0.25, 0.3) is 11.3 Å². The van der Waals surface area contributed by atoms with Crippen molar-refractivity contribution in [3.8, 4) is 22.8 Å². The number of hydrogen-bond donors (Lipinski definition) is 1. The molecule has 0 spiro atoms. The number of halogens is 2. The Morgan fingerprint density at radius 2 is 1.96 bits per heavy atom. The maximum Gasteiger partial charge on any atom is 0.203 e. The van der Waals surface area contributed by atoms with Gasteiger partial charge in [0.1, 0.15) is 0 Å². The van der Waals surface area contributed by atoms with E-state index in [9.17, 15) is 0 Å². The van der Waals surface area contributed by atoms with E-state index in [0.717, 1.165) is 21.3 Å². The second-order valence-corrected chi connectivity index (χ2v) is 7.36. The van der Waals surface area contributed by atoms with Gasteiger partial charge in [-0.2, -0.15) is 5.10 Å². The maximum absolute atomic E-state index is 5.92. The second-order valence-electron chi connectivity index (χ2n) is 5.15. The summed E-state index contributed by atoms with van der Waals surface area (Å²) in [5.74, 6) is 1.24. The number of nitrogens with zero attached hydrogens (tertiary/aromatic N) is 2. The molecular weight excluding hydrogens is 438 g/mol. The van der Waals surface area contributed by atoms with Gasteiger partial charge >= 0.3 is 0 Å². The van der Waals surface area contributed by atoms with E-state index < -0.39 is 0 Å². The molecule has 1 N–H and O–H groups in total. The first-order chi connectivity index (χ1) is 12.6. The number of hydrogen-bond acceptors (Lipinski definition) is 6. The number of methoxy groups -OCH3 is 2. The van der Waals surface area contributed by atoms with Crippen LogP contribution in [0.3, 0.4) is 0 Å². The normalized spacial score (nSPS) is 10.9. The van der Waals surface area contributed by atoms with E-state index >= 15 is 0 Å². The van der Waals surface area contributed by atoms with Crippen LogP contribution in [-0.2, 0) is 0 Å². The molecule has 1 heterocycles. The van der Waals surface area contributed by atoms with Crippen LogP contribution in [-0.4, -0.2) is 25.4 Å². The Labute approximate surface area is 168 Å². The minimum absolute atomic E-state index is 0.613. The Kier molecular flexibility index (Phi) is 6.13. The van der Waals surface area contributed by atoms with Gasteiger partial charge in [-0.05, 0) is 24.3 Å². The summed E-state index contributed by atoms with van der Waals surface area (Å²) in [5, 5.41) is 7.60. The molecular formula is C18H15BrClN3O2S. The highest BCUT2D eigenvalue weighted by molar-refractivity contribution is 9.10. The molecule has 134 valence electrons. The molecule has 8 heteroatoms. The highest BCUT2D eigenvalue weighted by Crippen LogP contribution is 2.33. The van der Waals surface area contributed by atoms with Gasteiger partial charge in [-0.25, -0.2) is 4.98 Å². The highest BCUT2D eigenvalue weighted by atomic mass is 79.9. The van der Waals surface area contributed by atoms with Crippen molar-refractivity contribution >= 4 is 50.2 Å². The standard InChI is InChI=1S/C18H15BrClN3O2S/c1-24-16-8-13(19)7-12(17(16)25-2)9-21-23-18-22-15(10-26-18)11-3-5-14(20)6-4-11/h3-10H,1-2H3,(H,22,23)/b21-9-. The topological polar surface area (TPSA) is 55.7 Å². The minimum atomic E-state index is 0.613. The Balaban J connectivity index is 1.75. The van der Waals surface area contributed by atoms with Crippen LogP contribution in [0, 0.1) is 0 Å². The molecule has 0 radical (unpaired) electrons. The maximum atomic E-state index is 5.92. The molecule has 3 rings (SSSR count). The SMILES string of the molecule is COc1cc(Br)cc(/C=N\Nc2nc(-c3ccc(Cl)cc3)cs2)c1OC. The van der Waals surface area contributed by atoms with Crippen molar-refractivity contribution < 1.29 is 9.47 Å². The quantitative estimate of drug-likeness (QED) is 0.385. The lowest BCUT2D eigenvalue weighted by atomic mass is 10.2. The van der Waals surface area contributed by atoms with E-state index in [1.165, 1.54) is 11.3 Å². The van der Waals surface area contributed by atoms with Crippen LogP contribution in [0.15, 0.2) is 51.4 Å². The van der Waals surface area contributed by atoms with Gasteiger partial charge in [0.25, 0.3) is 0 Å². The molecule has 0 saturated heterocycles. The molecule has 1 aromatic heterocycles. The van der Waals surface area contributed by atoms with E-state index in [1.54, 1.807) is 20.4 Å². The third-order valence-electron chi connectivity index (χ3n) is 3.48. The van der Waals surface area contributed by atoms with Crippen molar-refractivity contribution in [2.24, 2.45) is 5.10 Å². The number of aromatic nitrogens is 1. The number of ether oxygens (including phenoxy) is 2. The lowest BCUT2D eigenvalue weighted by Gasteiger charge is -2.10. The van der Waals surface area contributed by atoms with Crippen molar-refractivity contribution in [2.75, 3.05) is 19.6 Å². The highest BCUT2D eigenvalue weighted by Gasteiger charge is 2.10. The first kappa shape index (κ1) is 18.7. The summed E-state index contributed by atoms with van der Waals surface area (Å²) in [6, 6.07) is 11.3. The van der Waals surface area contributed by atoms with Gasteiger partial charge in [0.2, 0.25) is 5.13 Å². The van der Waals surface area contributed by atoms with E-state index in [4.69, 9.17) is 21.1 Å². The number of thiazole rings is 1. The summed E-state index contributed by atoms with van der Waals surface area (Å²) >= 11 is 10.8. The summed E-state index contributed by atoms with van der Waals surface area (Å²) in [6.07, 6.45) is 1.66. The molecule has 5 nitrogen and oxygen atoms in total. The predicted octanol–water partition coefficient (Wildman–Crippen LogP) is 5.69. The average Bonchev–Trinajstić information content (AvgIpc) is 3.10. The Morgan fingerprint density at radius 3 is 2.65 bits per heavy atom. The molecule has 3 aromatic rings. The summed E-state index contributed by atoms with van der Waals surface area (Å²) in [7, 11) is 3.19. The van der Waals surface area contributed by atoms with Crippen molar-refractivity contribution in [2.45, 2.75) is 0 Å². The zero-order valence-electron chi connectivity index (χ0n) is 14.0. The van der Waals surface area contributed by atoms with E-state index in [1.807, 2.05) is 41.8 Å². The van der Waals surface area contributed by atoms with Crippen LogP contribution in [0.4, 0.5) is 5.13 Å². The van der Waals surface area contributed by atoms with Crippen molar-refractivity contribution in [3.05, 3.63) is 56.8 Å². The van der Waals surface area contributed by atoms with Gasteiger partial charge in [-0.15, -0.1) is 11.3 Å². The number of anilines is 1. The van der Waals surface area contributed by atoms with E-state index in [0.29, 0.717) is 21.7 Å². The molecule has 0 aliphatic heterocycles. The summed E-state index contributed by atoms with van der Waals surface area (Å²) < 4.78 is 11.6. The fraction of sp³-hybridized carbons (Fsp3) is 0.111. The van der Waals surface area contributed by atoms with Crippen molar-refractivity contribution in [1.29, 1.82) is 0 Å². The zero-order chi connectivity index (χ0) is 18.5. The van der Waals surface area contributed by atoms with Gasteiger partial charge in [0.05, 0.1) is 26.1 Å². The fourth-order valence-electron chi connectivity index (χ4n) is 2.29. The largest absolute Gasteiger partial charge is 0.493 e. The lowest BCUT2D eigenvalue weighted by Crippen LogP contribution is -1.97. The molecule has 0 bridgehead atoms. The Morgan fingerprint density at radius 1 is 1.19 bits per heavy atom. The predicted molar refractivity (Wildman–Crippen MR) is 111 cm³/mol. The number of rotatable bonds is 6. The third kappa shape index (κ3) is 4.35. The minimum Gasteiger partial charge on any atom is -0.493 e. The van der Waals surface area contributed by atoms with E-state index in [2.05, 4.69) is 31.4 Å². The molecule has 26 heavy (non-hydrogen) atoms. The van der Waals surface area contributed by atoms with Crippen LogP contribution in [0.5, 0.6) is 11.5 Å². The van der Waals surface area contributed by atoms with Gasteiger partial charge in [-0.3, -0.25) is 5.43 Å². The lowest BCUT2D eigenvalue weighted by molar-refractivity contribution is 0.354. The van der Waals surface area contributed by atoms with Crippen molar-refractivity contribution in [3.63, 3.8) is 0 Å². The molecule has 0 aliphatic carbocycles. The monoisotopic (exact) mass is 451 g/mol. The van der Waals surface area contributed by atoms with Crippen LogP contribution >= 0.6 is 38.9 Å². The molecule has 0 unspecified atom stereocenters. The molecule has 0 fully saturated rings. The number of hydrazone groups is 1. The molecule has 0 atom stereocenters. The Hall–Kier alpha value is -2.09. The first-order valence-corrected chi connectivity index (χ1v) is 9.58. The fourth-order valence-corrected chi connectivity index (χ4v) is 3.54.